The van der Waals surface area contributed by atoms with Crippen LogP contribution in [0.3, 0.4) is 0 Å². The minimum Gasteiger partial charge on any atom is -0.504 e. The Balaban J connectivity index is 1.96. The Morgan fingerprint density at radius 3 is 2.65 bits per heavy atom. The van der Waals surface area contributed by atoms with Gasteiger partial charge in [0.15, 0.2) is 11.5 Å². The zero-order chi connectivity index (χ0) is 16.6. The molecule has 6 heteroatoms. The molecule has 2 aliphatic heterocycles. The molecule has 2 N–H and O–H groups in total. The predicted molar refractivity (Wildman–Crippen MR) is 87.7 cm³/mol. The molecule has 0 saturated carbocycles. The lowest BCUT2D eigenvalue weighted by Crippen LogP contribution is -2.44. The molecule has 23 heavy (non-hydrogen) atoms. The van der Waals surface area contributed by atoms with Crippen molar-refractivity contribution in [2.24, 2.45) is 10.5 Å². The molecule has 2 heterocycles. The number of hydrazone groups is 1. The fourth-order valence-corrected chi connectivity index (χ4v) is 3.22. The number of nitrogens with zero attached hydrogens (tertiary/aromatic N) is 2. The number of ether oxygens (including phenoxy) is 1. The van der Waals surface area contributed by atoms with E-state index >= 15 is 0 Å². The first-order chi connectivity index (χ1) is 10.9. The van der Waals surface area contributed by atoms with E-state index in [9.17, 15) is 9.90 Å². The number of rotatable bonds is 3. The van der Waals surface area contributed by atoms with Crippen molar-refractivity contribution in [1.82, 2.24) is 10.3 Å². The number of aromatic hydroxyl groups is 1. The molecule has 124 valence electrons. The highest BCUT2D eigenvalue weighted by Gasteiger charge is 2.46. The molecule has 1 aromatic rings. The average Bonchev–Trinajstić information content (AvgIpc) is 2.79. The average molecular weight is 317 g/mol. The zero-order valence-corrected chi connectivity index (χ0v) is 13.8. The van der Waals surface area contributed by atoms with Crippen molar-refractivity contribution in [3.8, 4) is 11.5 Å². The number of phenols is 1. The first kappa shape index (κ1) is 15.8. The predicted octanol–water partition coefficient (Wildman–Crippen LogP) is 1.73. The van der Waals surface area contributed by atoms with E-state index in [1.807, 2.05) is 19.9 Å². The van der Waals surface area contributed by atoms with Crippen molar-refractivity contribution in [2.45, 2.75) is 32.7 Å². The number of carbonyl (C=O) groups is 1. The van der Waals surface area contributed by atoms with E-state index in [4.69, 9.17) is 4.74 Å². The van der Waals surface area contributed by atoms with Crippen molar-refractivity contribution in [1.29, 1.82) is 0 Å². The van der Waals surface area contributed by atoms with Crippen LogP contribution in [0.4, 0.5) is 0 Å². The van der Waals surface area contributed by atoms with Crippen molar-refractivity contribution in [3.05, 3.63) is 23.8 Å². The van der Waals surface area contributed by atoms with Gasteiger partial charge in [0.1, 0.15) is 0 Å². The zero-order valence-electron chi connectivity index (χ0n) is 13.8. The number of amides is 1. The van der Waals surface area contributed by atoms with Crippen LogP contribution in [0.2, 0.25) is 0 Å². The lowest BCUT2D eigenvalue weighted by atomic mass is 9.83. The topological polar surface area (TPSA) is 74.2 Å². The molecule has 0 unspecified atom stereocenters. The number of benzene rings is 1. The SMILES string of the molecule is COc1ccc(C2=NN(C3CCNCC3)C(=O)C2(C)C)cc1O. The lowest BCUT2D eigenvalue weighted by Gasteiger charge is -2.30. The van der Waals surface area contributed by atoms with Gasteiger partial charge < -0.3 is 15.2 Å². The number of carbonyl (C=O) groups excluding carboxylic acids is 1. The van der Waals surface area contributed by atoms with Gasteiger partial charge in [-0.3, -0.25) is 4.79 Å². The second-order valence-electron chi connectivity index (χ2n) is 6.59. The van der Waals surface area contributed by atoms with Gasteiger partial charge in [0.05, 0.1) is 24.3 Å². The fourth-order valence-electron chi connectivity index (χ4n) is 3.22. The standard InChI is InChI=1S/C17H23N3O3/c1-17(2)15(11-4-5-14(23-3)13(21)10-11)19-20(16(17)22)12-6-8-18-9-7-12/h4-5,10,12,18,21H,6-9H2,1-3H3. The van der Waals surface area contributed by atoms with Crippen LogP contribution in [-0.4, -0.2) is 48.0 Å². The molecule has 6 nitrogen and oxygen atoms in total. The van der Waals surface area contributed by atoms with Crippen molar-refractivity contribution in [2.75, 3.05) is 20.2 Å². The smallest absolute Gasteiger partial charge is 0.254 e. The van der Waals surface area contributed by atoms with Crippen molar-refractivity contribution >= 4 is 11.6 Å². The Morgan fingerprint density at radius 2 is 2.04 bits per heavy atom. The van der Waals surface area contributed by atoms with E-state index in [1.165, 1.54) is 7.11 Å². The lowest BCUT2D eigenvalue weighted by molar-refractivity contribution is -0.137. The first-order valence-corrected chi connectivity index (χ1v) is 7.96. The Morgan fingerprint density at radius 1 is 1.35 bits per heavy atom. The number of hydrogen-bond acceptors (Lipinski definition) is 5. The van der Waals surface area contributed by atoms with Crippen molar-refractivity contribution in [3.63, 3.8) is 0 Å². The van der Waals surface area contributed by atoms with Crippen LogP contribution in [-0.2, 0) is 4.79 Å². The second kappa shape index (κ2) is 5.85. The molecule has 0 atom stereocenters. The van der Waals surface area contributed by atoms with Gasteiger partial charge >= 0.3 is 0 Å². The van der Waals surface area contributed by atoms with Crippen LogP contribution in [0.15, 0.2) is 23.3 Å². The van der Waals surface area contributed by atoms with Gasteiger partial charge in [-0.1, -0.05) is 0 Å². The van der Waals surface area contributed by atoms with E-state index < -0.39 is 5.41 Å². The van der Waals surface area contributed by atoms with Gasteiger partial charge in [-0.25, -0.2) is 5.01 Å². The molecule has 3 rings (SSSR count). The van der Waals surface area contributed by atoms with Crippen LogP contribution in [0.5, 0.6) is 11.5 Å². The molecule has 1 amide bonds. The first-order valence-electron chi connectivity index (χ1n) is 7.96. The van der Waals surface area contributed by atoms with Gasteiger partial charge in [-0.15, -0.1) is 0 Å². The van der Waals surface area contributed by atoms with Gasteiger partial charge in [0.2, 0.25) is 0 Å². The fraction of sp³-hybridized carbons (Fsp3) is 0.529. The highest BCUT2D eigenvalue weighted by atomic mass is 16.5. The monoisotopic (exact) mass is 317 g/mol. The third kappa shape index (κ3) is 2.67. The Bertz CT molecular complexity index is 648. The summed E-state index contributed by atoms with van der Waals surface area (Å²) in [6.45, 7) is 5.58. The van der Waals surface area contributed by atoms with E-state index in [0.717, 1.165) is 31.5 Å². The molecular formula is C17H23N3O3. The Labute approximate surface area is 136 Å². The Hall–Kier alpha value is -2.08. The van der Waals surface area contributed by atoms with Gasteiger partial charge in [0, 0.05) is 5.56 Å². The van der Waals surface area contributed by atoms with Crippen LogP contribution in [0.25, 0.3) is 0 Å². The van der Waals surface area contributed by atoms with Gasteiger partial charge in [-0.2, -0.15) is 5.10 Å². The van der Waals surface area contributed by atoms with Gasteiger partial charge in [-0.05, 0) is 58.0 Å². The molecule has 1 fully saturated rings. The maximum Gasteiger partial charge on any atom is 0.254 e. The molecular weight excluding hydrogens is 294 g/mol. The second-order valence-corrected chi connectivity index (χ2v) is 6.59. The van der Waals surface area contributed by atoms with Crippen LogP contribution < -0.4 is 10.1 Å². The minimum absolute atomic E-state index is 0.0229. The summed E-state index contributed by atoms with van der Waals surface area (Å²) >= 11 is 0. The highest BCUT2D eigenvalue weighted by Crippen LogP contribution is 2.36. The van der Waals surface area contributed by atoms with Gasteiger partial charge in [0.25, 0.3) is 5.91 Å². The van der Waals surface area contributed by atoms with Crippen LogP contribution >= 0.6 is 0 Å². The maximum absolute atomic E-state index is 12.8. The molecule has 0 spiro atoms. The molecule has 2 aliphatic rings. The van der Waals surface area contributed by atoms with E-state index in [1.54, 1.807) is 17.1 Å². The largest absolute Gasteiger partial charge is 0.504 e. The van der Waals surface area contributed by atoms with Crippen LogP contribution in [0.1, 0.15) is 32.3 Å². The quantitative estimate of drug-likeness (QED) is 0.890. The van der Waals surface area contributed by atoms with Crippen LogP contribution in [0, 0.1) is 5.41 Å². The highest BCUT2D eigenvalue weighted by molar-refractivity contribution is 6.19. The molecule has 0 radical (unpaired) electrons. The summed E-state index contributed by atoms with van der Waals surface area (Å²) in [5.74, 6) is 0.484. The maximum atomic E-state index is 12.8. The summed E-state index contributed by atoms with van der Waals surface area (Å²) in [5, 5.41) is 19.6. The molecule has 0 bridgehead atoms. The Kier molecular flexibility index (Phi) is 4.02. The van der Waals surface area contributed by atoms with E-state index in [0.29, 0.717) is 11.5 Å². The summed E-state index contributed by atoms with van der Waals surface area (Å²) in [6.07, 6.45) is 1.82. The third-order valence-electron chi connectivity index (χ3n) is 4.65. The minimum atomic E-state index is -0.702. The molecule has 0 aromatic heterocycles. The summed E-state index contributed by atoms with van der Waals surface area (Å²) < 4.78 is 5.08. The third-order valence-corrected chi connectivity index (χ3v) is 4.65. The number of methoxy groups -OCH3 is 1. The number of nitrogens with one attached hydrogen (secondary N) is 1. The normalized spacial score (nSPS) is 21.4. The molecule has 0 aliphatic carbocycles. The molecule has 1 saturated heterocycles. The molecule has 1 aromatic carbocycles. The summed E-state index contributed by atoms with van der Waals surface area (Å²) in [6, 6.07) is 5.28. The number of hydrogen-bond donors (Lipinski definition) is 2. The summed E-state index contributed by atoms with van der Waals surface area (Å²) in [7, 11) is 1.51. The van der Waals surface area contributed by atoms with E-state index in [-0.39, 0.29) is 17.7 Å². The summed E-state index contributed by atoms with van der Waals surface area (Å²) in [4.78, 5) is 12.8. The van der Waals surface area contributed by atoms with E-state index in [2.05, 4.69) is 10.4 Å². The summed E-state index contributed by atoms with van der Waals surface area (Å²) in [5.41, 5.74) is 0.739. The van der Waals surface area contributed by atoms with Crippen molar-refractivity contribution < 1.29 is 14.6 Å². The number of phenolic OH excluding ortho intramolecular Hbond substituents is 1. The number of piperidine rings is 1.